The van der Waals surface area contributed by atoms with Crippen LogP contribution in [-0.4, -0.2) is 23.0 Å². The zero-order valence-electron chi connectivity index (χ0n) is 13.5. The van der Waals surface area contributed by atoms with E-state index < -0.39 is 0 Å². The summed E-state index contributed by atoms with van der Waals surface area (Å²) in [5, 5.41) is 3.50. The van der Waals surface area contributed by atoms with Crippen LogP contribution in [0.4, 0.5) is 0 Å². The molecule has 0 unspecified atom stereocenters. The Kier molecular flexibility index (Phi) is 5.28. The summed E-state index contributed by atoms with van der Waals surface area (Å²) in [6.45, 7) is 11.9. The molecular weight excluding hydrogens is 248 g/mol. The molecule has 0 saturated heterocycles. The van der Waals surface area contributed by atoms with Crippen LogP contribution in [0.25, 0.3) is 0 Å². The predicted octanol–water partition coefficient (Wildman–Crippen LogP) is 3.93. The zero-order chi connectivity index (χ0) is 14.6. The normalized spacial score (nSPS) is 16.1. The van der Waals surface area contributed by atoms with Crippen LogP contribution in [0.15, 0.2) is 16.7 Å². The van der Waals surface area contributed by atoms with Gasteiger partial charge in [-0.05, 0) is 52.6 Å². The molecule has 1 N–H and O–H groups in total. The summed E-state index contributed by atoms with van der Waals surface area (Å²) in [7, 11) is 0. The van der Waals surface area contributed by atoms with Gasteiger partial charge < -0.3 is 9.73 Å². The third-order valence-corrected chi connectivity index (χ3v) is 3.75. The van der Waals surface area contributed by atoms with Gasteiger partial charge in [-0.15, -0.1) is 0 Å². The quantitative estimate of drug-likeness (QED) is 0.781. The fraction of sp³-hybridized carbons (Fsp3) is 0.765. The van der Waals surface area contributed by atoms with Crippen molar-refractivity contribution >= 4 is 0 Å². The molecular formula is C17H30N2O. The van der Waals surface area contributed by atoms with E-state index in [-0.39, 0.29) is 5.54 Å². The Hall–Kier alpha value is -0.800. The largest absolute Gasteiger partial charge is 0.468 e. The van der Waals surface area contributed by atoms with E-state index in [9.17, 15) is 0 Å². The first-order valence-electron chi connectivity index (χ1n) is 8.03. The molecule has 20 heavy (non-hydrogen) atoms. The van der Waals surface area contributed by atoms with Crippen LogP contribution in [-0.2, 0) is 13.1 Å². The highest BCUT2D eigenvalue weighted by Crippen LogP contribution is 2.29. The Morgan fingerprint density at radius 1 is 1.35 bits per heavy atom. The minimum Gasteiger partial charge on any atom is -0.468 e. The SMILES string of the molecule is CCCCN(Cc1cc(CNC(C)(C)C)co1)C1CC1. The van der Waals surface area contributed by atoms with Gasteiger partial charge in [-0.3, -0.25) is 4.90 Å². The Morgan fingerprint density at radius 2 is 2.10 bits per heavy atom. The smallest absolute Gasteiger partial charge is 0.118 e. The van der Waals surface area contributed by atoms with Crippen LogP contribution >= 0.6 is 0 Å². The molecule has 1 aliphatic carbocycles. The van der Waals surface area contributed by atoms with Gasteiger partial charge in [-0.25, -0.2) is 0 Å². The van der Waals surface area contributed by atoms with E-state index >= 15 is 0 Å². The first-order valence-corrected chi connectivity index (χ1v) is 8.03. The zero-order valence-corrected chi connectivity index (χ0v) is 13.5. The molecule has 3 nitrogen and oxygen atoms in total. The first-order chi connectivity index (χ1) is 9.48. The lowest BCUT2D eigenvalue weighted by atomic mass is 10.1. The maximum Gasteiger partial charge on any atom is 0.118 e. The fourth-order valence-corrected chi connectivity index (χ4v) is 2.36. The fourth-order valence-electron chi connectivity index (χ4n) is 2.36. The molecule has 0 bridgehead atoms. The Morgan fingerprint density at radius 3 is 2.70 bits per heavy atom. The lowest BCUT2D eigenvalue weighted by molar-refractivity contribution is 0.230. The summed E-state index contributed by atoms with van der Waals surface area (Å²) < 4.78 is 5.74. The van der Waals surface area contributed by atoms with Crippen molar-refractivity contribution in [1.29, 1.82) is 0 Å². The number of hydrogen-bond donors (Lipinski definition) is 1. The van der Waals surface area contributed by atoms with Crippen LogP contribution in [0, 0.1) is 0 Å². The van der Waals surface area contributed by atoms with Crippen molar-refractivity contribution in [3.63, 3.8) is 0 Å². The van der Waals surface area contributed by atoms with Gasteiger partial charge in [-0.1, -0.05) is 13.3 Å². The highest BCUT2D eigenvalue weighted by Gasteiger charge is 2.29. The minimum absolute atomic E-state index is 0.151. The summed E-state index contributed by atoms with van der Waals surface area (Å²) in [6, 6.07) is 3.02. The van der Waals surface area contributed by atoms with Gasteiger partial charge in [-0.2, -0.15) is 0 Å². The Balaban J connectivity index is 1.84. The molecule has 0 spiro atoms. The number of furan rings is 1. The number of hydrogen-bond acceptors (Lipinski definition) is 3. The van der Waals surface area contributed by atoms with Crippen molar-refractivity contribution < 1.29 is 4.42 Å². The molecule has 3 heteroatoms. The van der Waals surface area contributed by atoms with Crippen molar-refractivity contribution in [2.45, 2.75) is 78.0 Å². The van der Waals surface area contributed by atoms with E-state index in [4.69, 9.17) is 4.42 Å². The van der Waals surface area contributed by atoms with E-state index in [0.29, 0.717) is 0 Å². The summed E-state index contributed by atoms with van der Waals surface area (Å²) in [4.78, 5) is 2.59. The van der Waals surface area contributed by atoms with Crippen molar-refractivity contribution in [1.82, 2.24) is 10.2 Å². The Bertz CT molecular complexity index is 401. The molecule has 1 fully saturated rings. The predicted molar refractivity (Wildman–Crippen MR) is 83.6 cm³/mol. The second kappa shape index (κ2) is 6.77. The summed E-state index contributed by atoms with van der Waals surface area (Å²) >= 11 is 0. The van der Waals surface area contributed by atoms with Crippen LogP contribution < -0.4 is 5.32 Å². The molecule has 114 valence electrons. The lowest BCUT2D eigenvalue weighted by Gasteiger charge is -2.20. The average molecular weight is 278 g/mol. The number of nitrogens with one attached hydrogen (secondary N) is 1. The van der Waals surface area contributed by atoms with E-state index in [2.05, 4.69) is 44.0 Å². The maximum absolute atomic E-state index is 5.74. The van der Waals surface area contributed by atoms with Crippen LogP contribution in [0.1, 0.15) is 64.7 Å². The van der Waals surface area contributed by atoms with Gasteiger partial charge in [0.05, 0.1) is 12.8 Å². The molecule has 1 aliphatic rings. The van der Waals surface area contributed by atoms with Crippen molar-refractivity contribution in [3.8, 4) is 0 Å². The van der Waals surface area contributed by atoms with Crippen LogP contribution in [0.5, 0.6) is 0 Å². The lowest BCUT2D eigenvalue weighted by Crippen LogP contribution is -2.34. The summed E-state index contributed by atoms with van der Waals surface area (Å²) in [5.41, 5.74) is 1.40. The highest BCUT2D eigenvalue weighted by molar-refractivity contribution is 5.13. The van der Waals surface area contributed by atoms with Gasteiger partial charge >= 0.3 is 0 Å². The van der Waals surface area contributed by atoms with Crippen molar-refractivity contribution in [3.05, 3.63) is 23.7 Å². The van der Waals surface area contributed by atoms with E-state index in [1.807, 2.05) is 6.26 Å². The van der Waals surface area contributed by atoms with E-state index in [1.54, 1.807) is 0 Å². The van der Waals surface area contributed by atoms with Crippen molar-refractivity contribution in [2.75, 3.05) is 6.54 Å². The third kappa shape index (κ3) is 5.29. The second-order valence-electron chi connectivity index (χ2n) is 7.08. The standard InChI is InChI=1S/C17H30N2O/c1-5-6-9-19(15-7-8-15)12-16-10-14(13-20-16)11-18-17(2,3)4/h10,13,15,18H,5-9,11-12H2,1-4H3. The van der Waals surface area contributed by atoms with Crippen LogP contribution in [0.3, 0.4) is 0 Å². The molecule has 2 rings (SSSR count). The van der Waals surface area contributed by atoms with Gasteiger partial charge in [0.25, 0.3) is 0 Å². The molecule has 1 saturated carbocycles. The molecule has 1 aromatic heterocycles. The van der Waals surface area contributed by atoms with Gasteiger partial charge in [0.15, 0.2) is 0 Å². The number of unbranched alkanes of at least 4 members (excludes halogenated alkanes) is 1. The molecule has 0 aliphatic heterocycles. The monoisotopic (exact) mass is 278 g/mol. The molecule has 1 aromatic rings. The van der Waals surface area contributed by atoms with E-state index in [1.165, 1.54) is 37.8 Å². The topological polar surface area (TPSA) is 28.4 Å². The van der Waals surface area contributed by atoms with Gasteiger partial charge in [0.1, 0.15) is 5.76 Å². The molecule has 0 amide bonds. The molecule has 1 heterocycles. The first kappa shape index (κ1) is 15.6. The molecule has 0 atom stereocenters. The summed E-state index contributed by atoms with van der Waals surface area (Å²) in [6.07, 6.45) is 7.18. The number of rotatable bonds is 8. The second-order valence-corrected chi connectivity index (χ2v) is 7.08. The third-order valence-electron chi connectivity index (χ3n) is 3.75. The highest BCUT2D eigenvalue weighted by atomic mass is 16.3. The molecule has 0 aromatic carbocycles. The molecule has 0 radical (unpaired) electrons. The van der Waals surface area contributed by atoms with E-state index in [0.717, 1.165) is 24.9 Å². The Labute approximate surface area is 123 Å². The van der Waals surface area contributed by atoms with Gasteiger partial charge in [0.2, 0.25) is 0 Å². The van der Waals surface area contributed by atoms with Gasteiger partial charge in [0, 0.05) is 23.7 Å². The maximum atomic E-state index is 5.74. The van der Waals surface area contributed by atoms with Crippen molar-refractivity contribution in [2.24, 2.45) is 0 Å². The summed E-state index contributed by atoms with van der Waals surface area (Å²) in [5.74, 6) is 1.11. The number of nitrogens with zero attached hydrogens (tertiary/aromatic N) is 1. The average Bonchev–Trinajstić information content (AvgIpc) is 3.12. The minimum atomic E-state index is 0.151. The van der Waals surface area contributed by atoms with Crippen LogP contribution in [0.2, 0.25) is 0 Å².